The summed E-state index contributed by atoms with van der Waals surface area (Å²) in [6.07, 6.45) is -0.0579. The van der Waals surface area contributed by atoms with Gasteiger partial charge in [-0.25, -0.2) is 4.79 Å². The van der Waals surface area contributed by atoms with Crippen molar-refractivity contribution in [2.75, 3.05) is 64.7 Å². The van der Waals surface area contributed by atoms with Crippen molar-refractivity contribution in [2.24, 2.45) is 11.8 Å². The third-order valence-corrected chi connectivity index (χ3v) is 6.20. The minimum absolute atomic E-state index is 0.105. The number of nitrogens with zero attached hydrogens (tertiary/aromatic N) is 1. The van der Waals surface area contributed by atoms with Gasteiger partial charge in [-0.1, -0.05) is 26.0 Å². The molecule has 0 saturated carbocycles. The molecule has 2 rings (SSSR count). The third-order valence-electron chi connectivity index (χ3n) is 6.07. The van der Waals surface area contributed by atoms with Crippen molar-refractivity contribution in [3.63, 3.8) is 0 Å². The molecule has 0 spiro atoms. The topological polar surface area (TPSA) is 142 Å². The molecule has 230 valence electrons. The Hall–Kier alpha value is -2.71. The Bertz CT molecular complexity index is 960. The Morgan fingerprint density at radius 2 is 1.46 bits per heavy atom. The number of hydrogen-bond donors (Lipinski definition) is 3. The lowest BCUT2D eigenvalue weighted by atomic mass is 9.94. The highest BCUT2D eigenvalue weighted by molar-refractivity contribution is 7.80. The zero-order valence-corrected chi connectivity index (χ0v) is 25.0. The molecule has 41 heavy (non-hydrogen) atoms. The highest BCUT2D eigenvalue weighted by atomic mass is 32.1. The van der Waals surface area contributed by atoms with Crippen molar-refractivity contribution in [1.82, 2.24) is 10.2 Å². The molecule has 2 atom stereocenters. The first-order valence-electron chi connectivity index (χ1n) is 13.8. The average molecular weight is 598 g/mol. The van der Waals surface area contributed by atoms with Gasteiger partial charge in [0.25, 0.3) is 0 Å². The molecule has 13 heteroatoms. The number of alkyl carbamates (subject to hydrolysis) is 1. The molecule has 0 radical (unpaired) electrons. The van der Waals surface area contributed by atoms with Crippen LogP contribution >= 0.6 is 12.6 Å². The Balaban J connectivity index is 1.38. The first-order valence-corrected chi connectivity index (χ1v) is 14.3. The smallest absolute Gasteiger partial charge is 0.408 e. The molecular formula is C28H43N3O9S. The van der Waals surface area contributed by atoms with Gasteiger partial charge in [0.15, 0.2) is 0 Å². The number of thiol groups is 1. The van der Waals surface area contributed by atoms with Gasteiger partial charge < -0.3 is 34.3 Å². The van der Waals surface area contributed by atoms with E-state index in [1.54, 1.807) is 31.2 Å². The van der Waals surface area contributed by atoms with Gasteiger partial charge in [0.1, 0.15) is 6.61 Å². The van der Waals surface area contributed by atoms with Crippen LogP contribution in [-0.2, 0) is 44.7 Å². The van der Waals surface area contributed by atoms with Gasteiger partial charge in [0.2, 0.25) is 17.7 Å². The Morgan fingerprint density at radius 3 is 2.00 bits per heavy atom. The number of nitrogens with one attached hydrogen (secondary N) is 2. The second-order valence-electron chi connectivity index (χ2n) is 9.78. The second kappa shape index (κ2) is 19.4. The summed E-state index contributed by atoms with van der Waals surface area (Å²) >= 11 is 4.06. The SMILES string of the molecule is CC(S)NC(=O)OCc1ccc(NC(=O)CCOCCOCCOCCOCCN2C(=O)CC(C(C)C)C2=O)cc1. The molecule has 1 saturated heterocycles. The predicted molar refractivity (Wildman–Crippen MR) is 154 cm³/mol. The highest BCUT2D eigenvalue weighted by Crippen LogP contribution is 2.25. The number of amides is 4. The van der Waals surface area contributed by atoms with E-state index in [1.165, 1.54) is 4.90 Å². The van der Waals surface area contributed by atoms with Crippen LogP contribution in [0.5, 0.6) is 0 Å². The number of rotatable bonds is 20. The van der Waals surface area contributed by atoms with E-state index in [-0.39, 0.29) is 74.1 Å². The number of benzene rings is 1. The first kappa shape index (κ1) is 34.5. The molecule has 0 bridgehead atoms. The molecule has 1 aromatic rings. The predicted octanol–water partition coefficient (Wildman–Crippen LogP) is 2.61. The number of imide groups is 1. The largest absolute Gasteiger partial charge is 0.445 e. The molecule has 1 aliphatic heterocycles. The Labute approximate surface area is 247 Å². The zero-order valence-electron chi connectivity index (χ0n) is 24.1. The summed E-state index contributed by atoms with van der Waals surface area (Å²) in [6, 6.07) is 7.00. The van der Waals surface area contributed by atoms with Crippen LogP contribution in [0, 0.1) is 11.8 Å². The zero-order chi connectivity index (χ0) is 30.0. The highest BCUT2D eigenvalue weighted by Gasteiger charge is 2.39. The molecule has 1 aliphatic rings. The maximum atomic E-state index is 12.2. The molecule has 2 unspecified atom stereocenters. The van der Waals surface area contributed by atoms with Crippen LogP contribution in [0.15, 0.2) is 24.3 Å². The van der Waals surface area contributed by atoms with Crippen molar-refractivity contribution in [3.05, 3.63) is 29.8 Å². The Kier molecular flexibility index (Phi) is 16.3. The van der Waals surface area contributed by atoms with Crippen molar-refractivity contribution in [3.8, 4) is 0 Å². The minimum atomic E-state index is -0.546. The van der Waals surface area contributed by atoms with Crippen LogP contribution in [0.2, 0.25) is 0 Å². The van der Waals surface area contributed by atoms with Crippen LogP contribution < -0.4 is 10.6 Å². The molecule has 1 fully saturated rings. The van der Waals surface area contributed by atoms with Crippen molar-refractivity contribution in [1.29, 1.82) is 0 Å². The number of ether oxygens (including phenoxy) is 5. The monoisotopic (exact) mass is 597 g/mol. The fraction of sp³-hybridized carbons (Fsp3) is 0.643. The maximum absolute atomic E-state index is 12.2. The Morgan fingerprint density at radius 1 is 0.902 bits per heavy atom. The van der Waals surface area contributed by atoms with E-state index >= 15 is 0 Å². The number of carbonyl (C=O) groups excluding carboxylic acids is 4. The standard InChI is InChI=1S/C28H43N3O9S/c1-20(2)24-18-26(33)31(27(24)34)9-11-37-13-15-39-17-16-38-14-12-36-10-8-25(32)30-23-6-4-22(5-7-23)19-40-28(35)29-21(3)41/h4-7,20-21,24,41H,8-19H2,1-3H3,(H,29,35)(H,30,32). The quantitative estimate of drug-likeness (QED) is 0.0895. The molecule has 0 aliphatic carbocycles. The van der Waals surface area contributed by atoms with Gasteiger partial charge in [-0.05, 0) is 30.5 Å². The van der Waals surface area contributed by atoms with E-state index in [0.717, 1.165) is 5.56 Å². The van der Waals surface area contributed by atoms with Gasteiger partial charge in [-0.3, -0.25) is 19.3 Å². The molecule has 1 heterocycles. The average Bonchev–Trinajstić information content (AvgIpc) is 3.21. The number of hydrogen-bond acceptors (Lipinski definition) is 10. The second-order valence-corrected chi connectivity index (χ2v) is 10.6. The molecular weight excluding hydrogens is 554 g/mol. The van der Waals surface area contributed by atoms with Gasteiger partial charge in [-0.2, -0.15) is 12.6 Å². The molecule has 1 aromatic carbocycles. The van der Waals surface area contributed by atoms with E-state index in [0.29, 0.717) is 45.3 Å². The summed E-state index contributed by atoms with van der Waals surface area (Å²) in [4.78, 5) is 49.1. The van der Waals surface area contributed by atoms with Crippen LogP contribution in [0.1, 0.15) is 39.2 Å². The lowest BCUT2D eigenvalue weighted by Gasteiger charge is -2.16. The molecule has 2 N–H and O–H groups in total. The van der Waals surface area contributed by atoms with Gasteiger partial charge in [0, 0.05) is 18.0 Å². The summed E-state index contributed by atoms with van der Waals surface area (Å²) in [6.45, 7) is 8.84. The lowest BCUT2D eigenvalue weighted by molar-refractivity contribution is -0.140. The number of likely N-dealkylation sites (tertiary alicyclic amines) is 1. The van der Waals surface area contributed by atoms with Crippen LogP contribution in [0.25, 0.3) is 0 Å². The van der Waals surface area contributed by atoms with Gasteiger partial charge in [0.05, 0.1) is 71.2 Å². The normalized spacial score (nSPS) is 15.8. The van der Waals surface area contributed by atoms with Crippen molar-refractivity contribution < 1.29 is 42.9 Å². The molecule has 12 nitrogen and oxygen atoms in total. The van der Waals surface area contributed by atoms with Crippen LogP contribution in [0.3, 0.4) is 0 Å². The minimum Gasteiger partial charge on any atom is -0.445 e. The van der Waals surface area contributed by atoms with Crippen molar-refractivity contribution >= 4 is 42.1 Å². The van der Waals surface area contributed by atoms with Gasteiger partial charge in [-0.15, -0.1) is 0 Å². The van der Waals surface area contributed by atoms with Gasteiger partial charge >= 0.3 is 6.09 Å². The summed E-state index contributed by atoms with van der Waals surface area (Å²) in [5.74, 6) is -0.475. The molecule has 4 amide bonds. The van der Waals surface area contributed by atoms with Crippen LogP contribution in [0.4, 0.5) is 10.5 Å². The summed E-state index contributed by atoms with van der Waals surface area (Å²) in [5.41, 5.74) is 1.43. The molecule has 0 aromatic heterocycles. The summed E-state index contributed by atoms with van der Waals surface area (Å²) in [5, 5.41) is 5.00. The van der Waals surface area contributed by atoms with E-state index in [9.17, 15) is 19.2 Å². The maximum Gasteiger partial charge on any atom is 0.408 e. The van der Waals surface area contributed by atoms with E-state index in [1.807, 2.05) is 13.8 Å². The number of carbonyl (C=O) groups is 4. The van der Waals surface area contributed by atoms with E-state index in [2.05, 4.69) is 23.3 Å². The van der Waals surface area contributed by atoms with Crippen molar-refractivity contribution in [2.45, 2.75) is 45.6 Å². The fourth-order valence-electron chi connectivity index (χ4n) is 3.82. The third kappa shape index (κ3) is 14.1. The summed E-state index contributed by atoms with van der Waals surface area (Å²) < 4.78 is 26.8. The van der Waals surface area contributed by atoms with E-state index < -0.39 is 6.09 Å². The fourth-order valence-corrected chi connectivity index (χ4v) is 3.92. The first-order chi connectivity index (χ1) is 19.7. The summed E-state index contributed by atoms with van der Waals surface area (Å²) in [7, 11) is 0. The van der Waals surface area contributed by atoms with Crippen LogP contribution in [-0.4, -0.2) is 93.5 Å². The van der Waals surface area contributed by atoms with E-state index in [4.69, 9.17) is 23.7 Å². The lowest BCUT2D eigenvalue weighted by Crippen LogP contribution is -2.34. The number of anilines is 1.